The first-order chi connectivity index (χ1) is 6.63. The third-order valence-electron chi connectivity index (χ3n) is 1.29. The molecule has 0 saturated carbocycles. The zero-order chi connectivity index (χ0) is 10.6. The summed E-state index contributed by atoms with van der Waals surface area (Å²) in [5, 5.41) is 18.4. The molecule has 0 aliphatic heterocycles. The molecule has 1 heterocycles. The van der Waals surface area contributed by atoms with Crippen molar-refractivity contribution in [3.05, 3.63) is 16.3 Å². The van der Waals surface area contributed by atoms with Crippen molar-refractivity contribution >= 4 is 24.6 Å². The maximum atomic E-state index is 11.2. The summed E-state index contributed by atoms with van der Waals surface area (Å²) < 4.78 is 9.27. The number of carbonyl (C=O) groups is 1. The largest absolute Gasteiger partial charge is 0.707 e. The van der Waals surface area contributed by atoms with Crippen molar-refractivity contribution in [2.45, 2.75) is 6.92 Å². The van der Waals surface area contributed by atoms with Crippen LogP contribution >= 0.6 is 11.3 Å². The van der Waals surface area contributed by atoms with Crippen LogP contribution in [0.15, 0.2) is 11.4 Å². The van der Waals surface area contributed by atoms with Gasteiger partial charge in [0.05, 0.1) is 6.61 Å². The van der Waals surface area contributed by atoms with Gasteiger partial charge in [-0.05, 0) is 6.92 Å². The Bertz CT molecular complexity index is 311. The minimum Gasteiger partial charge on any atom is -0.511 e. The van der Waals surface area contributed by atoms with Gasteiger partial charge in [-0.1, -0.05) is 0 Å². The molecule has 5 nitrogen and oxygen atoms in total. The first-order valence-corrected chi connectivity index (χ1v) is 4.80. The van der Waals surface area contributed by atoms with Crippen LogP contribution in [0.1, 0.15) is 16.6 Å². The van der Waals surface area contributed by atoms with Crippen molar-refractivity contribution in [3.8, 4) is 5.75 Å². The molecule has 0 amide bonds. The molecule has 76 valence electrons. The zero-order valence-corrected chi connectivity index (χ0v) is 8.28. The van der Waals surface area contributed by atoms with Gasteiger partial charge in [0.2, 0.25) is 0 Å². The molecule has 0 aliphatic carbocycles. The van der Waals surface area contributed by atoms with Crippen molar-refractivity contribution < 1.29 is 24.2 Å². The second-order valence-electron chi connectivity index (χ2n) is 2.31. The van der Waals surface area contributed by atoms with Gasteiger partial charge in [0.15, 0.2) is 0 Å². The minimum absolute atomic E-state index is 0.230. The topological polar surface area (TPSA) is 76.0 Å². The maximum Gasteiger partial charge on any atom is 0.707 e. The molecular formula is C7H9BO5S. The van der Waals surface area contributed by atoms with E-state index in [2.05, 4.69) is 4.65 Å². The molecule has 2 N–H and O–H groups in total. The van der Waals surface area contributed by atoms with Gasteiger partial charge in [0.1, 0.15) is 10.6 Å². The SMILES string of the molecule is CCOC(=O)c1cc(OB(O)O)cs1. The first-order valence-electron chi connectivity index (χ1n) is 3.92. The Kier molecular flexibility index (Phi) is 3.93. The Morgan fingerprint density at radius 1 is 1.64 bits per heavy atom. The van der Waals surface area contributed by atoms with Gasteiger partial charge in [0, 0.05) is 11.4 Å². The van der Waals surface area contributed by atoms with Gasteiger partial charge in [-0.3, -0.25) is 0 Å². The summed E-state index contributed by atoms with van der Waals surface area (Å²) in [6, 6.07) is 1.39. The molecule has 7 heteroatoms. The fourth-order valence-corrected chi connectivity index (χ4v) is 1.52. The molecule has 1 rings (SSSR count). The standard InChI is InChI=1S/C7H9BO5S/c1-2-12-7(9)6-3-5(4-14-6)13-8(10)11/h3-4,10-11H,2H2,1H3. The second-order valence-corrected chi connectivity index (χ2v) is 3.22. The van der Waals surface area contributed by atoms with E-state index in [0.29, 0.717) is 11.5 Å². The second kappa shape index (κ2) is 4.99. The highest BCUT2D eigenvalue weighted by Gasteiger charge is 2.15. The number of rotatable bonds is 4. The number of thiophene rings is 1. The van der Waals surface area contributed by atoms with Crippen LogP contribution in [0.4, 0.5) is 0 Å². The molecule has 0 unspecified atom stereocenters. The maximum absolute atomic E-state index is 11.2. The molecule has 0 aliphatic rings. The van der Waals surface area contributed by atoms with Gasteiger partial charge in [0.25, 0.3) is 0 Å². The summed E-state index contributed by atoms with van der Waals surface area (Å²) in [5.74, 6) is -0.215. The molecule has 0 spiro atoms. The summed E-state index contributed by atoms with van der Waals surface area (Å²) in [5.41, 5.74) is 0. The lowest BCUT2D eigenvalue weighted by atomic mass is 10.2. The summed E-state index contributed by atoms with van der Waals surface area (Å²) in [6.07, 6.45) is 0. The number of hydrogen-bond acceptors (Lipinski definition) is 6. The highest BCUT2D eigenvalue weighted by molar-refractivity contribution is 7.12. The average molecular weight is 216 g/mol. The van der Waals surface area contributed by atoms with Gasteiger partial charge >= 0.3 is 13.3 Å². The number of carbonyl (C=O) groups excluding carboxylic acids is 1. The molecule has 0 saturated heterocycles. The third-order valence-corrected chi connectivity index (χ3v) is 2.18. The molecule has 14 heavy (non-hydrogen) atoms. The predicted molar refractivity (Wildman–Crippen MR) is 51.1 cm³/mol. The van der Waals surface area contributed by atoms with Crippen LogP contribution in [-0.2, 0) is 4.74 Å². The van der Waals surface area contributed by atoms with E-state index in [1.54, 1.807) is 6.92 Å². The van der Waals surface area contributed by atoms with Crippen LogP contribution in [0, 0.1) is 0 Å². The fraction of sp³-hybridized carbons (Fsp3) is 0.286. The van der Waals surface area contributed by atoms with Crippen LogP contribution in [0.3, 0.4) is 0 Å². The molecule has 1 aromatic rings. The van der Waals surface area contributed by atoms with Crippen LogP contribution in [0.2, 0.25) is 0 Å². The van der Waals surface area contributed by atoms with Crippen molar-refractivity contribution in [3.63, 3.8) is 0 Å². The van der Waals surface area contributed by atoms with Crippen molar-refractivity contribution in [2.75, 3.05) is 6.61 Å². The lowest BCUT2D eigenvalue weighted by Crippen LogP contribution is -2.20. The van der Waals surface area contributed by atoms with E-state index >= 15 is 0 Å². The Hall–Kier alpha value is -1.05. The Morgan fingerprint density at radius 2 is 2.36 bits per heavy atom. The molecular weight excluding hydrogens is 207 g/mol. The fourth-order valence-electron chi connectivity index (χ4n) is 0.812. The van der Waals surface area contributed by atoms with Crippen LogP contribution in [-0.4, -0.2) is 29.9 Å². The van der Waals surface area contributed by atoms with Crippen molar-refractivity contribution in [1.29, 1.82) is 0 Å². The first kappa shape index (κ1) is 11.0. The quantitative estimate of drug-likeness (QED) is 0.558. The Balaban J connectivity index is 2.63. The van der Waals surface area contributed by atoms with Crippen LogP contribution < -0.4 is 4.65 Å². The third kappa shape index (κ3) is 3.02. The Morgan fingerprint density at radius 3 is 2.93 bits per heavy atom. The lowest BCUT2D eigenvalue weighted by molar-refractivity contribution is 0.0531. The molecule has 0 aromatic carbocycles. The molecule has 0 bridgehead atoms. The molecule has 1 aromatic heterocycles. The van der Waals surface area contributed by atoms with Crippen molar-refractivity contribution in [2.24, 2.45) is 0 Å². The van der Waals surface area contributed by atoms with E-state index in [1.165, 1.54) is 11.4 Å². The molecule has 0 atom stereocenters. The van der Waals surface area contributed by atoms with E-state index in [0.717, 1.165) is 11.3 Å². The summed E-state index contributed by atoms with van der Waals surface area (Å²) >= 11 is 1.12. The zero-order valence-electron chi connectivity index (χ0n) is 7.47. The summed E-state index contributed by atoms with van der Waals surface area (Å²) in [7, 11) is -1.88. The van der Waals surface area contributed by atoms with Gasteiger partial charge < -0.3 is 19.4 Å². The smallest absolute Gasteiger partial charge is 0.511 e. The molecule has 0 radical (unpaired) electrons. The highest BCUT2D eigenvalue weighted by atomic mass is 32.1. The average Bonchev–Trinajstić information content (AvgIpc) is 2.52. The normalized spacial score (nSPS) is 9.64. The van der Waals surface area contributed by atoms with Crippen LogP contribution in [0.25, 0.3) is 0 Å². The highest BCUT2D eigenvalue weighted by Crippen LogP contribution is 2.22. The monoisotopic (exact) mass is 216 g/mol. The van der Waals surface area contributed by atoms with Crippen molar-refractivity contribution in [1.82, 2.24) is 0 Å². The summed E-state index contributed by atoms with van der Waals surface area (Å²) in [6.45, 7) is 2.01. The van der Waals surface area contributed by atoms with Gasteiger partial charge in [-0.15, -0.1) is 11.3 Å². The van der Waals surface area contributed by atoms with E-state index < -0.39 is 13.3 Å². The predicted octanol–water partition coefficient (Wildman–Crippen LogP) is 0.273. The van der Waals surface area contributed by atoms with Gasteiger partial charge in [-0.25, -0.2) is 4.79 Å². The lowest BCUT2D eigenvalue weighted by Gasteiger charge is -1.99. The van der Waals surface area contributed by atoms with E-state index in [4.69, 9.17) is 14.8 Å². The number of hydrogen-bond donors (Lipinski definition) is 2. The number of esters is 1. The van der Waals surface area contributed by atoms with E-state index in [-0.39, 0.29) is 5.75 Å². The van der Waals surface area contributed by atoms with Crippen LogP contribution in [0.5, 0.6) is 5.75 Å². The van der Waals surface area contributed by atoms with E-state index in [9.17, 15) is 4.79 Å². The summed E-state index contributed by atoms with van der Waals surface area (Å²) in [4.78, 5) is 11.5. The number of ether oxygens (including phenoxy) is 1. The molecule has 0 fully saturated rings. The van der Waals surface area contributed by atoms with E-state index in [1.807, 2.05) is 0 Å². The Labute approximate surface area is 85.1 Å². The minimum atomic E-state index is -1.88. The van der Waals surface area contributed by atoms with Gasteiger partial charge in [-0.2, -0.15) is 0 Å².